The van der Waals surface area contributed by atoms with Crippen molar-refractivity contribution >= 4 is 5.91 Å². The van der Waals surface area contributed by atoms with Gasteiger partial charge in [0.15, 0.2) is 0 Å². The third kappa shape index (κ3) is 3.18. The van der Waals surface area contributed by atoms with Gasteiger partial charge in [-0.1, -0.05) is 30.3 Å². The third-order valence-electron chi connectivity index (χ3n) is 5.30. The molecule has 2 unspecified atom stereocenters. The SMILES string of the molecule is CC1CC(N(C)C(=O)C2(N)CC2)CCN1Cc1ccccc1. The Labute approximate surface area is 133 Å². The molecule has 0 aromatic heterocycles. The summed E-state index contributed by atoms with van der Waals surface area (Å²) >= 11 is 0. The molecule has 1 saturated heterocycles. The second-order valence-corrected chi connectivity index (χ2v) is 7.06. The molecular weight excluding hydrogens is 274 g/mol. The van der Waals surface area contributed by atoms with Gasteiger partial charge < -0.3 is 10.6 Å². The van der Waals surface area contributed by atoms with Crippen LogP contribution in [0, 0.1) is 0 Å². The molecule has 1 aromatic carbocycles. The minimum atomic E-state index is -0.542. The van der Waals surface area contributed by atoms with Gasteiger partial charge in [-0.25, -0.2) is 0 Å². The van der Waals surface area contributed by atoms with Crippen LogP contribution in [0.3, 0.4) is 0 Å². The zero-order chi connectivity index (χ0) is 15.7. The van der Waals surface area contributed by atoms with Crippen molar-refractivity contribution in [3.63, 3.8) is 0 Å². The molecule has 22 heavy (non-hydrogen) atoms. The van der Waals surface area contributed by atoms with Crippen LogP contribution in [0.4, 0.5) is 0 Å². The average Bonchev–Trinajstić information content (AvgIpc) is 3.28. The zero-order valence-electron chi connectivity index (χ0n) is 13.7. The first-order valence-electron chi connectivity index (χ1n) is 8.34. The summed E-state index contributed by atoms with van der Waals surface area (Å²) in [7, 11) is 1.93. The van der Waals surface area contributed by atoms with E-state index in [1.54, 1.807) is 0 Å². The van der Waals surface area contributed by atoms with Gasteiger partial charge in [-0.15, -0.1) is 0 Å². The van der Waals surface area contributed by atoms with Crippen LogP contribution in [-0.4, -0.2) is 46.9 Å². The highest BCUT2D eigenvalue weighted by Gasteiger charge is 2.48. The maximum atomic E-state index is 12.4. The first-order valence-corrected chi connectivity index (χ1v) is 8.34. The number of amides is 1. The number of likely N-dealkylation sites (N-methyl/N-ethyl adjacent to an activating group) is 1. The molecule has 1 amide bonds. The number of hydrogen-bond acceptors (Lipinski definition) is 3. The minimum absolute atomic E-state index is 0.140. The summed E-state index contributed by atoms with van der Waals surface area (Å²) in [6, 6.07) is 11.4. The Morgan fingerprint density at radius 1 is 1.36 bits per heavy atom. The van der Waals surface area contributed by atoms with Gasteiger partial charge in [0.25, 0.3) is 0 Å². The highest BCUT2D eigenvalue weighted by molar-refractivity contribution is 5.89. The second kappa shape index (κ2) is 6.01. The highest BCUT2D eigenvalue weighted by atomic mass is 16.2. The molecule has 2 fully saturated rings. The maximum absolute atomic E-state index is 12.4. The molecule has 2 N–H and O–H groups in total. The van der Waals surface area contributed by atoms with Gasteiger partial charge in [0.1, 0.15) is 0 Å². The topological polar surface area (TPSA) is 49.6 Å². The molecule has 1 saturated carbocycles. The van der Waals surface area contributed by atoms with E-state index in [1.165, 1.54) is 5.56 Å². The number of piperidine rings is 1. The van der Waals surface area contributed by atoms with Crippen LogP contribution in [-0.2, 0) is 11.3 Å². The second-order valence-electron chi connectivity index (χ2n) is 7.06. The van der Waals surface area contributed by atoms with E-state index in [0.29, 0.717) is 12.1 Å². The summed E-state index contributed by atoms with van der Waals surface area (Å²) in [6.45, 7) is 4.30. The van der Waals surface area contributed by atoms with Gasteiger partial charge in [0, 0.05) is 32.2 Å². The Morgan fingerprint density at radius 2 is 2.05 bits per heavy atom. The van der Waals surface area contributed by atoms with Crippen molar-refractivity contribution < 1.29 is 4.79 Å². The summed E-state index contributed by atoms with van der Waals surface area (Å²) < 4.78 is 0. The first kappa shape index (κ1) is 15.5. The first-order chi connectivity index (χ1) is 10.5. The van der Waals surface area contributed by atoms with Crippen molar-refractivity contribution in [2.75, 3.05) is 13.6 Å². The number of nitrogens with zero attached hydrogens (tertiary/aromatic N) is 2. The van der Waals surface area contributed by atoms with E-state index in [4.69, 9.17) is 5.73 Å². The summed E-state index contributed by atoms with van der Waals surface area (Å²) in [5.74, 6) is 0.140. The average molecular weight is 301 g/mol. The zero-order valence-corrected chi connectivity index (χ0v) is 13.7. The van der Waals surface area contributed by atoms with Gasteiger partial charge in [0.2, 0.25) is 5.91 Å². The summed E-state index contributed by atoms with van der Waals surface area (Å²) in [5, 5.41) is 0. The lowest BCUT2D eigenvalue weighted by Gasteiger charge is -2.41. The quantitative estimate of drug-likeness (QED) is 0.925. The lowest BCUT2D eigenvalue weighted by Crippen LogP contribution is -2.53. The fourth-order valence-corrected chi connectivity index (χ4v) is 3.47. The van der Waals surface area contributed by atoms with Crippen LogP contribution in [0.5, 0.6) is 0 Å². The molecule has 1 aromatic rings. The van der Waals surface area contributed by atoms with Gasteiger partial charge >= 0.3 is 0 Å². The van der Waals surface area contributed by atoms with Crippen molar-refractivity contribution in [2.45, 2.75) is 56.8 Å². The molecule has 0 radical (unpaired) electrons. The van der Waals surface area contributed by atoms with Crippen LogP contribution in [0.1, 0.15) is 38.2 Å². The van der Waals surface area contributed by atoms with Crippen LogP contribution in [0.2, 0.25) is 0 Å². The monoisotopic (exact) mass is 301 g/mol. The molecule has 0 bridgehead atoms. The van der Waals surface area contributed by atoms with Crippen LogP contribution in [0.25, 0.3) is 0 Å². The highest BCUT2D eigenvalue weighted by Crippen LogP contribution is 2.35. The number of carbonyl (C=O) groups excluding carboxylic acids is 1. The van der Waals surface area contributed by atoms with Crippen LogP contribution >= 0.6 is 0 Å². The Bertz CT molecular complexity index is 526. The number of benzene rings is 1. The molecule has 0 spiro atoms. The van der Waals surface area contributed by atoms with Crippen LogP contribution < -0.4 is 5.73 Å². The number of nitrogens with two attached hydrogens (primary N) is 1. The molecule has 2 aliphatic rings. The third-order valence-corrected chi connectivity index (χ3v) is 5.30. The number of carbonyl (C=O) groups is 1. The normalized spacial score (nSPS) is 27.4. The molecule has 120 valence electrons. The molecule has 1 aliphatic heterocycles. The van der Waals surface area contributed by atoms with Gasteiger partial charge in [-0.3, -0.25) is 9.69 Å². The summed E-state index contributed by atoms with van der Waals surface area (Å²) in [4.78, 5) is 16.8. The van der Waals surface area contributed by atoms with Crippen LogP contribution in [0.15, 0.2) is 30.3 Å². The molecule has 1 heterocycles. The fourth-order valence-electron chi connectivity index (χ4n) is 3.47. The largest absolute Gasteiger partial charge is 0.341 e. The van der Waals surface area contributed by atoms with E-state index < -0.39 is 5.54 Å². The van der Waals surface area contributed by atoms with E-state index in [2.05, 4.69) is 42.2 Å². The number of hydrogen-bond donors (Lipinski definition) is 1. The van der Waals surface area contributed by atoms with Crippen molar-refractivity contribution in [3.05, 3.63) is 35.9 Å². The number of rotatable bonds is 4. The van der Waals surface area contributed by atoms with Crippen molar-refractivity contribution in [3.8, 4) is 0 Å². The summed E-state index contributed by atoms with van der Waals surface area (Å²) in [6.07, 6.45) is 3.76. The van der Waals surface area contributed by atoms with E-state index in [9.17, 15) is 4.79 Å². The molecule has 4 heteroatoms. The predicted octanol–water partition coefficient (Wildman–Crippen LogP) is 1.99. The molecule has 4 nitrogen and oxygen atoms in total. The van der Waals surface area contributed by atoms with E-state index in [1.807, 2.05) is 11.9 Å². The van der Waals surface area contributed by atoms with E-state index in [-0.39, 0.29) is 5.91 Å². The lowest BCUT2D eigenvalue weighted by molar-refractivity contribution is -0.135. The smallest absolute Gasteiger partial charge is 0.242 e. The molecule has 3 rings (SSSR count). The van der Waals surface area contributed by atoms with Gasteiger partial charge in [-0.05, 0) is 38.2 Å². The Balaban J connectivity index is 1.56. The van der Waals surface area contributed by atoms with Crippen molar-refractivity contribution in [1.82, 2.24) is 9.80 Å². The molecular formula is C18H27N3O. The predicted molar refractivity (Wildman–Crippen MR) is 88.3 cm³/mol. The Morgan fingerprint density at radius 3 is 2.64 bits per heavy atom. The van der Waals surface area contributed by atoms with E-state index >= 15 is 0 Å². The molecule has 1 aliphatic carbocycles. The summed E-state index contributed by atoms with van der Waals surface area (Å²) in [5.41, 5.74) is 6.88. The minimum Gasteiger partial charge on any atom is -0.341 e. The standard InChI is InChI=1S/C18H27N3O/c1-14-12-16(20(2)17(22)18(19)9-10-18)8-11-21(14)13-15-6-4-3-5-7-15/h3-7,14,16H,8-13,19H2,1-2H3. The number of likely N-dealkylation sites (tertiary alicyclic amines) is 1. The van der Waals surface area contributed by atoms with Gasteiger partial charge in [0.05, 0.1) is 5.54 Å². The fraction of sp³-hybridized carbons (Fsp3) is 0.611. The Kier molecular flexibility index (Phi) is 4.24. The molecule has 2 atom stereocenters. The van der Waals surface area contributed by atoms with Gasteiger partial charge in [-0.2, -0.15) is 0 Å². The lowest BCUT2D eigenvalue weighted by atomic mass is 9.96. The maximum Gasteiger partial charge on any atom is 0.242 e. The van der Waals surface area contributed by atoms with Crippen molar-refractivity contribution in [2.24, 2.45) is 5.73 Å². The Hall–Kier alpha value is -1.39. The van der Waals surface area contributed by atoms with Crippen molar-refractivity contribution in [1.29, 1.82) is 0 Å². The van der Waals surface area contributed by atoms with E-state index in [0.717, 1.165) is 38.8 Å².